The van der Waals surface area contributed by atoms with E-state index >= 15 is 0 Å². The molecule has 1 aliphatic carbocycles. The van der Waals surface area contributed by atoms with Gasteiger partial charge < -0.3 is 14.9 Å². The van der Waals surface area contributed by atoms with Gasteiger partial charge in [0.15, 0.2) is 23.4 Å². The number of piperidine rings is 1. The van der Waals surface area contributed by atoms with Gasteiger partial charge in [-0.25, -0.2) is 0 Å². The van der Waals surface area contributed by atoms with Gasteiger partial charge in [-0.3, -0.25) is 9.69 Å². The molecule has 4 atom stereocenters. The van der Waals surface area contributed by atoms with Crippen LogP contribution >= 0.6 is 0 Å². The first-order valence-electron chi connectivity index (χ1n) is 9.52. The van der Waals surface area contributed by atoms with Crippen LogP contribution in [0.5, 0.6) is 11.5 Å². The fraction of sp³-hybridized carbons (Fsp3) is 0.571. The smallest absolute Gasteiger partial charge is 0.174 e. The highest BCUT2D eigenvalue weighted by atomic mass is 16.5. The van der Waals surface area contributed by atoms with E-state index in [-0.39, 0.29) is 17.6 Å². The van der Waals surface area contributed by atoms with Crippen LogP contribution in [-0.2, 0) is 16.6 Å². The number of likely N-dealkylation sites (tertiary alicyclic amines) is 1. The van der Waals surface area contributed by atoms with Crippen molar-refractivity contribution in [3.8, 4) is 11.5 Å². The number of benzene rings is 1. The van der Waals surface area contributed by atoms with Crippen molar-refractivity contribution in [3.05, 3.63) is 35.9 Å². The van der Waals surface area contributed by atoms with E-state index in [1.54, 1.807) is 6.07 Å². The Morgan fingerprint density at radius 1 is 1.42 bits per heavy atom. The summed E-state index contributed by atoms with van der Waals surface area (Å²) < 4.78 is 6.07. The lowest BCUT2D eigenvalue weighted by Crippen LogP contribution is -2.73. The molecule has 1 spiro atoms. The molecule has 140 valence electrons. The normalized spacial score (nSPS) is 36.0. The number of phenols is 1. The predicted molar refractivity (Wildman–Crippen MR) is 98.6 cm³/mol. The molecule has 0 radical (unpaired) electrons. The van der Waals surface area contributed by atoms with Crippen LogP contribution in [-0.4, -0.2) is 51.7 Å². The number of fused-ring (bicyclic) bond motifs is 1. The summed E-state index contributed by atoms with van der Waals surface area (Å²) in [6, 6.07) is 3.40. The molecule has 2 N–H and O–H groups in total. The summed E-state index contributed by atoms with van der Waals surface area (Å²) in [5.41, 5.74) is 0.0118. The van der Waals surface area contributed by atoms with Gasteiger partial charge in [0.05, 0.1) is 11.0 Å². The third kappa shape index (κ3) is 1.96. The predicted octanol–water partition coefficient (Wildman–Crippen LogP) is 2.33. The fourth-order valence-electron chi connectivity index (χ4n) is 5.60. The molecule has 5 heteroatoms. The minimum absolute atomic E-state index is 0.0247. The van der Waals surface area contributed by atoms with Gasteiger partial charge in [-0.05, 0) is 44.4 Å². The molecule has 0 amide bonds. The number of aromatic hydroxyl groups is 1. The highest BCUT2D eigenvalue weighted by Gasteiger charge is 2.70. The van der Waals surface area contributed by atoms with Crippen molar-refractivity contribution in [3.63, 3.8) is 0 Å². The lowest BCUT2D eigenvalue weighted by atomic mass is 9.52. The molecular weight excluding hydrogens is 330 g/mol. The maximum atomic E-state index is 12.8. The third-order valence-electron chi connectivity index (χ3n) is 6.95. The second-order valence-electron chi connectivity index (χ2n) is 7.87. The third-order valence-corrected chi connectivity index (χ3v) is 6.95. The van der Waals surface area contributed by atoms with Crippen molar-refractivity contribution < 1.29 is 19.7 Å². The number of phenolic OH excluding ortho intramolecular Hbond substituents is 1. The van der Waals surface area contributed by atoms with Crippen molar-refractivity contribution in [2.24, 2.45) is 0 Å². The highest BCUT2D eigenvalue weighted by Crippen LogP contribution is 2.61. The summed E-state index contributed by atoms with van der Waals surface area (Å²) in [6.07, 6.45) is 3.23. The molecule has 2 fully saturated rings. The van der Waals surface area contributed by atoms with Crippen molar-refractivity contribution in [2.45, 2.75) is 62.7 Å². The minimum atomic E-state index is -1.09. The Kier molecular flexibility index (Phi) is 3.93. The standard InChI is InChI=1S/C21H27NO4/c1-4-11-22-12-10-20-17-14(5-2)6-7-15(23)18(17)26-19(20)16(24)8-9-21(20,25)13(22)3/h4,6-7,13,19,23,25H,1,5,8-12H2,2-3H3/t13-,19+,20+,21-/m1/s1. The van der Waals surface area contributed by atoms with Gasteiger partial charge in [-0.2, -0.15) is 0 Å². The zero-order chi connectivity index (χ0) is 18.7. The Morgan fingerprint density at radius 3 is 2.88 bits per heavy atom. The van der Waals surface area contributed by atoms with E-state index in [0.717, 1.165) is 24.1 Å². The molecule has 1 saturated heterocycles. The Morgan fingerprint density at radius 2 is 2.19 bits per heavy atom. The first kappa shape index (κ1) is 17.6. The van der Waals surface area contributed by atoms with E-state index in [4.69, 9.17) is 4.74 Å². The van der Waals surface area contributed by atoms with Gasteiger partial charge in [0.1, 0.15) is 0 Å². The van der Waals surface area contributed by atoms with Crippen molar-refractivity contribution in [1.29, 1.82) is 0 Å². The molecule has 4 rings (SSSR count). The van der Waals surface area contributed by atoms with E-state index in [2.05, 4.69) is 18.4 Å². The van der Waals surface area contributed by atoms with Crippen LogP contribution < -0.4 is 4.74 Å². The summed E-state index contributed by atoms with van der Waals surface area (Å²) in [5, 5.41) is 22.4. The van der Waals surface area contributed by atoms with Crippen molar-refractivity contribution >= 4 is 5.78 Å². The van der Waals surface area contributed by atoms with E-state index in [9.17, 15) is 15.0 Å². The fourth-order valence-corrected chi connectivity index (χ4v) is 5.60. The first-order valence-corrected chi connectivity index (χ1v) is 9.52. The molecule has 1 aromatic rings. The Balaban J connectivity index is 1.96. The Hall–Kier alpha value is -1.85. The lowest BCUT2D eigenvalue weighted by Gasteiger charge is -2.59. The number of carbonyl (C=O) groups is 1. The van der Waals surface area contributed by atoms with Gasteiger partial charge in [-0.15, -0.1) is 6.58 Å². The van der Waals surface area contributed by atoms with Gasteiger partial charge in [0.25, 0.3) is 0 Å². The molecule has 3 aliphatic rings. The largest absolute Gasteiger partial charge is 0.504 e. The van der Waals surface area contributed by atoms with Crippen LogP contribution in [0.25, 0.3) is 0 Å². The summed E-state index contributed by atoms with van der Waals surface area (Å²) in [7, 11) is 0. The molecule has 1 aromatic carbocycles. The van der Waals surface area contributed by atoms with E-state index in [1.165, 1.54) is 0 Å². The minimum Gasteiger partial charge on any atom is -0.504 e. The van der Waals surface area contributed by atoms with Crippen LogP contribution in [0.4, 0.5) is 0 Å². The van der Waals surface area contributed by atoms with E-state index < -0.39 is 17.1 Å². The molecule has 2 heterocycles. The van der Waals surface area contributed by atoms with Crippen LogP contribution in [0.3, 0.4) is 0 Å². The molecule has 5 nitrogen and oxygen atoms in total. The molecule has 0 unspecified atom stereocenters. The summed E-state index contributed by atoms with van der Waals surface area (Å²) in [5.74, 6) is 0.474. The molecule has 1 saturated carbocycles. The average molecular weight is 357 g/mol. The Labute approximate surface area is 154 Å². The maximum Gasteiger partial charge on any atom is 0.174 e. The van der Waals surface area contributed by atoms with Crippen LogP contribution in [0, 0.1) is 0 Å². The molecule has 0 aromatic heterocycles. The number of carbonyl (C=O) groups excluding carboxylic acids is 1. The van der Waals surface area contributed by atoms with Crippen LogP contribution in [0.15, 0.2) is 24.8 Å². The monoisotopic (exact) mass is 357 g/mol. The van der Waals surface area contributed by atoms with Gasteiger partial charge in [0, 0.05) is 24.6 Å². The number of Topliss-reactive ketones (excluding diaryl/α,β-unsaturated/α-hetero) is 1. The first-order chi connectivity index (χ1) is 12.4. The molecule has 26 heavy (non-hydrogen) atoms. The summed E-state index contributed by atoms with van der Waals surface area (Å²) in [4.78, 5) is 15.0. The summed E-state index contributed by atoms with van der Waals surface area (Å²) in [6.45, 7) is 9.37. The maximum absolute atomic E-state index is 12.8. The molecular formula is C21H27NO4. The zero-order valence-corrected chi connectivity index (χ0v) is 15.5. The van der Waals surface area contributed by atoms with Crippen LogP contribution in [0.2, 0.25) is 0 Å². The van der Waals surface area contributed by atoms with Crippen molar-refractivity contribution in [2.75, 3.05) is 13.1 Å². The number of nitrogens with zero attached hydrogens (tertiary/aromatic N) is 1. The number of ether oxygens (including phenoxy) is 1. The SMILES string of the molecule is C=CCN1CC[C@]23c4c(CC)ccc(O)c4O[C@H]2C(=O)CC[C@@]3(O)[C@H]1C. The second kappa shape index (κ2) is 5.83. The van der Waals surface area contributed by atoms with Gasteiger partial charge in [-0.1, -0.05) is 19.1 Å². The van der Waals surface area contributed by atoms with Crippen molar-refractivity contribution in [1.82, 2.24) is 4.90 Å². The Bertz CT molecular complexity index is 776. The topological polar surface area (TPSA) is 70.0 Å². The molecule has 0 bridgehead atoms. The number of ketones is 1. The van der Waals surface area contributed by atoms with Gasteiger partial charge >= 0.3 is 0 Å². The lowest BCUT2D eigenvalue weighted by molar-refractivity contribution is -0.180. The van der Waals surface area contributed by atoms with Gasteiger partial charge in [0.2, 0.25) is 0 Å². The average Bonchev–Trinajstić information content (AvgIpc) is 2.99. The van der Waals surface area contributed by atoms with E-state index in [1.807, 2.05) is 19.1 Å². The highest BCUT2D eigenvalue weighted by molar-refractivity contribution is 5.89. The second-order valence-corrected chi connectivity index (χ2v) is 7.87. The number of rotatable bonds is 3. The number of hydrogen-bond donors (Lipinski definition) is 2. The summed E-state index contributed by atoms with van der Waals surface area (Å²) >= 11 is 0. The van der Waals surface area contributed by atoms with E-state index in [0.29, 0.717) is 31.6 Å². The number of aliphatic hydroxyl groups is 1. The quantitative estimate of drug-likeness (QED) is 0.813. The molecule has 2 aliphatic heterocycles. The zero-order valence-electron chi connectivity index (χ0n) is 15.5. The number of aryl methyl sites for hydroxylation is 1. The van der Waals surface area contributed by atoms with Crippen LogP contribution in [0.1, 0.15) is 44.2 Å². The number of hydrogen-bond acceptors (Lipinski definition) is 5.